The van der Waals surface area contributed by atoms with Crippen LogP contribution in [-0.2, 0) is 5.60 Å². The molecule has 0 radical (unpaired) electrons. The lowest BCUT2D eigenvalue weighted by Crippen LogP contribution is -2.44. The maximum Gasteiger partial charge on any atom is 0.115 e. The monoisotopic (exact) mass is 389 g/mol. The van der Waals surface area contributed by atoms with E-state index in [4.69, 9.17) is 23.2 Å². The molecule has 1 aliphatic rings. The Hall–Kier alpha value is -1.32. The fourth-order valence-corrected chi connectivity index (χ4v) is 4.27. The zero-order valence-corrected chi connectivity index (χ0v) is 16.8. The first-order valence-electron chi connectivity index (χ1n) is 8.99. The molecule has 2 atom stereocenters. The summed E-state index contributed by atoms with van der Waals surface area (Å²) in [7, 11) is 4.10. The number of halogens is 2. The summed E-state index contributed by atoms with van der Waals surface area (Å²) in [5, 5.41) is 13.3. The Balaban J connectivity index is 2.09. The third-order valence-electron chi connectivity index (χ3n) is 5.14. The molecule has 0 bridgehead atoms. The van der Waals surface area contributed by atoms with Gasteiger partial charge < -0.3 is 10.0 Å². The summed E-state index contributed by atoms with van der Waals surface area (Å²) in [6, 6.07) is 15.4. The van der Waals surface area contributed by atoms with Gasteiger partial charge in [-0.2, -0.15) is 0 Å². The summed E-state index contributed by atoms with van der Waals surface area (Å²) in [4.78, 5) is 2.14. The predicted octanol–water partition coefficient (Wildman–Crippen LogP) is 5.63. The molecule has 0 heterocycles. The third kappa shape index (κ3) is 4.15. The van der Waals surface area contributed by atoms with Crippen molar-refractivity contribution in [3.8, 4) is 0 Å². The lowest BCUT2D eigenvalue weighted by molar-refractivity contribution is -0.0174. The van der Waals surface area contributed by atoms with Gasteiger partial charge in [0.15, 0.2) is 0 Å². The van der Waals surface area contributed by atoms with E-state index in [1.54, 1.807) is 0 Å². The van der Waals surface area contributed by atoms with Gasteiger partial charge in [-0.05, 0) is 74.3 Å². The van der Waals surface area contributed by atoms with E-state index in [1.165, 1.54) is 0 Å². The molecule has 2 aromatic rings. The summed E-state index contributed by atoms with van der Waals surface area (Å²) in [6.45, 7) is 0.820. The molecule has 2 aromatic carbocycles. The smallest absolute Gasteiger partial charge is 0.115 e. The van der Waals surface area contributed by atoms with Crippen molar-refractivity contribution in [2.45, 2.75) is 24.9 Å². The molecule has 0 spiro atoms. The van der Waals surface area contributed by atoms with Crippen LogP contribution < -0.4 is 0 Å². The van der Waals surface area contributed by atoms with Crippen molar-refractivity contribution in [3.05, 3.63) is 75.3 Å². The number of aliphatic hydroxyl groups is 1. The zero-order chi connectivity index (χ0) is 18.7. The lowest BCUT2D eigenvalue weighted by Gasteiger charge is -2.44. The van der Waals surface area contributed by atoms with Crippen LogP contribution in [-0.4, -0.2) is 30.6 Å². The van der Waals surface area contributed by atoms with Crippen LogP contribution in [0.15, 0.2) is 54.1 Å². The van der Waals surface area contributed by atoms with Crippen LogP contribution in [0, 0.1) is 5.92 Å². The minimum absolute atomic E-state index is 0.114. The van der Waals surface area contributed by atoms with Crippen LogP contribution in [0.2, 0.25) is 10.0 Å². The second-order valence-electron chi connectivity index (χ2n) is 7.35. The topological polar surface area (TPSA) is 23.5 Å². The summed E-state index contributed by atoms with van der Waals surface area (Å²) in [6.07, 6.45) is 5.04. The Bertz CT molecular complexity index is 785. The Kier molecular flexibility index (Phi) is 6.09. The van der Waals surface area contributed by atoms with Gasteiger partial charge in [0, 0.05) is 22.5 Å². The first kappa shape index (κ1) is 19.4. The summed E-state index contributed by atoms with van der Waals surface area (Å²) >= 11 is 12.3. The highest BCUT2D eigenvalue weighted by atomic mass is 35.5. The van der Waals surface area contributed by atoms with E-state index in [1.807, 2.05) is 48.5 Å². The molecule has 0 saturated heterocycles. The first-order chi connectivity index (χ1) is 12.4. The van der Waals surface area contributed by atoms with Gasteiger partial charge in [0.1, 0.15) is 5.60 Å². The van der Waals surface area contributed by atoms with Gasteiger partial charge in [-0.25, -0.2) is 0 Å². The largest absolute Gasteiger partial charge is 0.380 e. The molecular formula is C22H25Cl2NO. The van der Waals surface area contributed by atoms with E-state index in [-0.39, 0.29) is 5.92 Å². The van der Waals surface area contributed by atoms with Crippen LogP contribution in [0.3, 0.4) is 0 Å². The first-order valence-corrected chi connectivity index (χ1v) is 9.75. The van der Waals surface area contributed by atoms with Crippen molar-refractivity contribution in [3.63, 3.8) is 0 Å². The van der Waals surface area contributed by atoms with Gasteiger partial charge in [-0.15, -0.1) is 0 Å². The molecule has 1 N–H and O–H groups in total. The van der Waals surface area contributed by atoms with Crippen LogP contribution in [0.5, 0.6) is 0 Å². The second-order valence-corrected chi connectivity index (χ2v) is 8.22. The van der Waals surface area contributed by atoms with E-state index >= 15 is 0 Å². The average Bonchev–Trinajstić information content (AvgIpc) is 2.60. The lowest BCUT2D eigenvalue weighted by atomic mass is 9.67. The molecule has 0 aliphatic heterocycles. The quantitative estimate of drug-likeness (QED) is 0.732. The summed E-state index contributed by atoms with van der Waals surface area (Å²) in [5.74, 6) is 0.114. The molecule has 1 saturated carbocycles. The van der Waals surface area contributed by atoms with E-state index in [0.29, 0.717) is 10.0 Å². The molecule has 26 heavy (non-hydrogen) atoms. The molecule has 3 rings (SSSR count). The van der Waals surface area contributed by atoms with Crippen LogP contribution in [0.4, 0.5) is 0 Å². The minimum atomic E-state index is -1.02. The highest BCUT2D eigenvalue weighted by Gasteiger charge is 2.44. The normalized spacial score (nSPS) is 25.0. The van der Waals surface area contributed by atoms with E-state index in [2.05, 4.69) is 25.1 Å². The number of rotatable bonds is 4. The third-order valence-corrected chi connectivity index (χ3v) is 5.63. The number of hydrogen-bond donors (Lipinski definition) is 1. The van der Waals surface area contributed by atoms with Gasteiger partial charge in [-0.3, -0.25) is 0 Å². The van der Waals surface area contributed by atoms with Crippen LogP contribution in [0.25, 0.3) is 6.08 Å². The van der Waals surface area contributed by atoms with Crippen molar-refractivity contribution >= 4 is 29.3 Å². The average molecular weight is 390 g/mol. The number of nitrogens with zero attached hydrogens (tertiary/aromatic N) is 1. The van der Waals surface area contributed by atoms with Crippen molar-refractivity contribution in [1.29, 1.82) is 0 Å². The van der Waals surface area contributed by atoms with Gasteiger partial charge in [0.2, 0.25) is 0 Å². The second kappa shape index (κ2) is 8.14. The van der Waals surface area contributed by atoms with Crippen molar-refractivity contribution < 1.29 is 5.11 Å². The Morgan fingerprint density at radius 2 is 1.85 bits per heavy atom. The van der Waals surface area contributed by atoms with E-state index in [9.17, 15) is 5.11 Å². The van der Waals surface area contributed by atoms with E-state index < -0.39 is 5.60 Å². The summed E-state index contributed by atoms with van der Waals surface area (Å²) in [5.41, 5.74) is 1.94. The van der Waals surface area contributed by atoms with Gasteiger partial charge in [-0.1, -0.05) is 53.5 Å². The fraction of sp³-hybridized carbons (Fsp3) is 0.364. The van der Waals surface area contributed by atoms with Gasteiger partial charge in [0.25, 0.3) is 0 Å². The summed E-state index contributed by atoms with van der Waals surface area (Å²) < 4.78 is 0. The Labute approximate surface area is 166 Å². The fourth-order valence-electron chi connectivity index (χ4n) is 3.95. The number of hydrogen-bond acceptors (Lipinski definition) is 2. The van der Waals surface area contributed by atoms with Crippen LogP contribution >= 0.6 is 23.2 Å². The molecule has 0 aromatic heterocycles. The van der Waals surface area contributed by atoms with Gasteiger partial charge in [0.05, 0.1) is 0 Å². The van der Waals surface area contributed by atoms with Gasteiger partial charge >= 0.3 is 0 Å². The maximum absolute atomic E-state index is 12.0. The van der Waals surface area contributed by atoms with Crippen LogP contribution in [0.1, 0.15) is 30.4 Å². The molecule has 2 nitrogen and oxygen atoms in total. The highest BCUT2D eigenvalue weighted by Crippen LogP contribution is 2.46. The van der Waals surface area contributed by atoms with E-state index in [0.717, 1.165) is 42.5 Å². The molecule has 138 valence electrons. The molecule has 0 amide bonds. The zero-order valence-electron chi connectivity index (χ0n) is 15.3. The Morgan fingerprint density at radius 1 is 1.12 bits per heavy atom. The molecular weight excluding hydrogens is 365 g/mol. The van der Waals surface area contributed by atoms with Crippen molar-refractivity contribution in [2.24, 2.45) is 5.92 Å². The Morgan fingerprint density at radius 3 is 2.50 bits per heavy atom. The standard InChI is InChI=1S/C22H25Cl2NO/c1-25(2)15-19-7-3-5-17(13-16-9-11-20(23)12-10-16)22(19,26)18-6-4-8-21(24)14-18/h4,6,8-14,19,26H,3,5,7,15H2,1-2H3/b17-13-. The number of benzene rings is 2. The maximum atomic E-state index is 12.0. The molecule has 2 unspecified atom stereocenters. The highest BCUT2D eigenvalue weighted by molar-refractivity contribution is 6.30. The predicted molar refractivity (Wildman–Crippen MR) is 111 cm³/mol. The minimum Gasteiger partial charge on any atom is -0.380 e. The SMILES string of the molecule is CN(C)CC1CCC/C(=C/c2ccc(Cl)cc2)C1(O)c1cccc(Cl)c1. The van der Waals surface area contributed by atoms with Crippen molar-refractivity contribution in [2.75, 3.05) is 20.6 Å². The molecule has 1 aliphatic carbocycles. The molecule has 4 heteroatoms. The molecule has 1 fully saturated rings. The van der Waals surface area contributed by atoms with Crippen molar-refractivity contribution in [1.82, 2.24) is 4.90 Å².